The van der Waals surface area contributed by atoms with E-state index in [0.29, 0.717) is 6.42 Å². The van der Waals surface area contributed by atoms with Gasteiger partial charge in [0.05, 0.1) is 7.11 Å². The number of benzene rings is 1. The summed E-state index contributed by atoms with van der Waals surface area (Å²) in [5.74, 6) is 5.34. The smallest absolute Gasteiger partial charge is 0.165 e. The summed E-state index contributed by atoms with van der Waals surface area (Å²) in [5, 5.41) is 0. The first kappa shape index (κ1) is 13.7. The van der Waals surface area contributed by atoms with E-state index in [4.69, 9.17) is 10.6 Å². The number of nitrogens with one attached hydrogen (secondary N) is 1. The molecule has 0 aliphatic carbocycles. The third kappa shape index (κ3) is 3.54. The molecule has 94 valence electrons. The molecule has 1 rings (SSSR count). The summed E-state index contributed by atoms with van der Waals surface area (Å²) >= 11 is 0. The Hall–Kier alpha value is -1.39. The Kier molecular flexibility index (Phi) is 5.12. The summed E-state index contributed by atoms with van der Waals surface area (Å²) in [5.41, 5.74) is 4.55. The lowest BCUT2D eigenvalue weighted by molar-refractivity contribution is 0.385. The number of ether oxygens (including phenoxy) is 1. The van der Waals surface area contributed by atoms with Crippen LogP contribution in [0.2, 0.25) is 0 Å². The predicted octanol–water partition coefficient (Wildman–Crippen LogP) is 2.70. The van der Waals surface area contributed by atoms with Crippen LogP contribution in [0.5, 0.6) is 5.75 Å². The van der Waals surface area contributed by atoms with E-state index in [1.807, 2.05) is 6.92 Å². The Bertz CT molecular complexity index is 393. The van der Waals surface area contributed by atoms with Gasteiger partial charge < -0.3 is 4.74 Å². The van der Waals surface area contributed by atoms with Gasteiger partial charge in [-0.05, 0) is 30.5 Å². The van der Waals surface area contributed by atoms with Crippen molar-refractivity contribution in [3.63, 3.8) is 0 Å². The van der Waals surface area contributed by atoms with Gasteiger partial charge in [0.2, 0.25) is 0 Å². The van der Waals surface area contributed by atoms with Crippen molar-refractivity contribution in [3.05, 3.63) is 41.7 Å². The van der Waals surface area contributed by atoms with Gasteiger partial charge in [-0.1, -0.05) is 25.1 Å². The Morgan fingerprint density at radius 2 is 2.29 bits per heavy atom. The molecule has 0 bridgehead atoms. The van der Waals surface area contributed by atoms with Crippen molar-refractivity contribution < 1.29 is 9.13 Å². The van der Waals surface area contributed by atoms with Crippen molar-refractivity contribution >= 4 is 0 Å². The molecular formula is C13H19FN2O. The monoisotopic (exact) mass is 238 g/mol. The van der Waals surface area contributed by atoms with Gasteiger partial charge in [0.25, 0.3) is 0 Å². The maximum atomic E-state index is 13.6. The summed E-state index contributed by atoms with van der Waals surface area (Å²) in [7, 11) is 1.44. The van der Waals surface area contributed by atoms with Crippen molar-refractivity contribution in [2.45, 2.75) is 25.8 Å². The van der Waals surface area contributed by atoms with E-state index < -0.39 is 0 Å². The predicted molar refractivity (Wildman–Crippen MR) is 67.1 cm³/mol. The van der Waals surface area contributed by atoms with Crippen LogP contribution in [0, 0.1) is 5.82 Å². The lowest BCUT2D eigenvalue weighted by Gasteiger charge is -2.17. The summed E-state index contributed by atoms with van der Waals surface area (Å²) in [6.07, 6.45) is 1.58. The highest BCUT2D eigenvalue weighted by atomic mass is 19.1. The van der Waals surface area contributed by atoms with E-state index in [1.54, 1.807) is 12.1 Å². The lowest BCUT2D eigenvalue weighted by atomic mass is 9.99. The van der Waals surface area contributed by atoms with Gasteiger partial charge >= 0.3 is 0 Å². The number of hydrazine groups is 1. The van der Waals surface area contributed by atoms with Crippen molar-refractivity contribution in [1.82, 2.24) is 5.43 Å². The van der Waals surface area contributed by atoms with E-state index in [1.165, 1.54) is 13.2 Å². The van der Waals surface area contributed by atoms with Gasteiger partial charge in [-0.3, -0.25) is 11.3 Å². The first-order chi connectivity index (χ1) is 8.12. The highest BCUT2D eigenvalue weighted by molar-refractivity contribution is 5.31. The molecule has 0 saturated heterocycles. The zero-order valence-electron chi connectivity index (χ0n) is 10.3. The zero-order chi connectivity index (χ0) is 12.8. The van der Waals surface area contributed by atoms with Gasteiger partial charge in [0, 0.05) is 6.04 Å². The molecule has 1 aromatic rings. The number of hydrogen-bond acceptors (Lipinski definition) is 3. The second-order valence-corrected chi connectivity index (χ2v) is 3.92. The highest BCUT2D eigenvalue weighted by Gasteiger charge is 2.13. The molecule has 4 heteroatoms. The highest BCUT2D eigenvalue weighted by Crippen LogP contribution is 2.25. The second kappa shape index (κ2) is 6.37. The van der Waals surface area contributed by atoms with Crippen LogP contribution in [0.15, 0.2) is 30.4 Å². The van der Waals surface area contributed by atoms with Crippen LogP contribution in [0.25, 0.3) is 0 Å². The van der Waals surface area contributed by atoms with Crippen molar-refractivity contribution in [2.24, 2.45) is 5.84 Å². The molecule has 0 heterocycles. The molecule has 0 aromatic heterocycles. The molecule has 0 fully saturated rings. The van der Waals surface area contributed by atoms with Gasteiger partial charge in [-0.15, -0.1) is 0 Å². The first-order valence-electron chi connectivity index (χ1n) is 5.58. The molecule has 0 spiro atoms. The number of hydrogen-bond donors (Lipinski definition) is 2. The summed E-state index contributed by atoms with van der Waals surface area (Å²) < 4.78 is 18.4. The molecular weight excluding hydrogens is 219 g/mol. The Balaban J connectivity index is 2.88. The summed E-state index contributed by atoms with van der Waals surface area (Å²) in [4.78, 5) is 0. The fourth-order valence-corrected chi connectivity index (χ4v) is 1.61. The maximum absolute atomic E-state index is 13.6. The minimum Gasteiger partial charge on any atom is -0.494 e. The van der Waals surface area contributed by atoms with Crippen LogP contribution < -0.4 is 16.0 Å². The molecule has 17 heavy (non-hydrogen) atoms. The molecule has 0 aliphatic rings. The molecule has 0 amide bonds. The number of halogens is 1. The lowest BCUT2D eigenvalue weighted by Crippen LogP contribution is -2.28. The topological polar surface area (TPSA) is 47.3 Å². The van der Waals surface area contributed by atoms with Gasteiger partial charge in [0.1, 0.15) is 0 Å². The number of nitrogens with two attached hydrogens (primary N) is 1. The zero-order valence-corrected chi connectivity index (χ0v) is 10.3. The summed E-state index contributed by atoms with van der Waals surface area (Å²) in [6, 6.07) is 4.72. The molecule has 3 nitrogen and oxygen atoms in total. The Labute approximate surface area is 101 Å². The quantitative estimate of drug-likeness (QED) is 0.455. The van der Waals surface area contributed by atoms with E-state index in [9.17, 15) is 4.39 Å². The largest absolute Gasteiger partial charge is 0.494 e. The third-order valence-electron chi connectivity index (χ3n) is 2.77. The van der Waals surface area contributed by atoms with Crippen LogP contribution >= 0.6 is 0 Å². The first-order valence-corrected chi connectivity index (χ1v) is 5.58. The second-order valence-electron chi connectivity index (χ2n) is 3.92. The van der Waals surface area contributed by atoms with Crippen LogP contribution in [-0.4, -0.2) is 7.11 Å². The fraction of sp³-hybridized carbons (Fsp3) is 0.385. The summed E-state index contributed by atoms with van der Waals surface area (Å²) in [6.45, 7) is 5.96. The van der Waals surface area contributed by atoms with Crippen molar-refractivity contribution in [1.29, 1.82) is 0 Å². The van der Waals surface area contributed by atoms with Crippen molar-refractivity contribution in [2.75, 3.05) is 7.11 Å². The molecule has 3 N–H and O–H groups in total. The van der Waals surface area contributed by atoms with Crippen LogP contribution in [0.4, 0.5) is 4.39 Å². The van der Waals surface area contributed by atoms with E-state index >= 15 is 0 Å². The van der Waals surface area contributed by atoms with Gasteiger partial charge in [0.15, 0.2) is 11.6 Å². The minimum atomic E-state index is -0.382. The van der Waals surface area contributed by atoms with E-state index in [-0.39, 0.29) is 17.6 Å². The Morgan fingerprint density at radius 1 is 1.59 bits per heavy atom. The average molecular weight is 238 g/mol. The fourth-order valence-electron chi connectivity index (χ4n) is 1.61. The third-order valence-corrected chi connectivity index (χ3v) is 2.77. The molecule has 1 unspecified atom stereocenters. The van der Waals surface area contributed by atoms with Gasteiger partial charge in [-0.25, -0.2) is 4.39 Å². The van der Waals surface area contributed by atoms with E-state index in [0.717, 1.165) is 17.6 Å². The standard InChI is InChI=1S/C13H19FN2O/c1-4-9(2)7-12(16-15)10-5-6-13(17-3)11(14)8-10/h5-6,8,12,16H,2,4,7,15H2,1,3H3. The van der Waals surface area contributed by atoms with Crippen LogP contribution in [-0.2, 0) is 0 Å². The van der Waals surface area contributed by atoms with Crippen LogP contribution in [0.3, 0.4) is 0 Å². The van der Waals surface area contributed by atoms with E-state index in [2.05, 4.69) is 12.0 Å². The number of rotatable bonds is 6. The molecule has 0 saturated carbocycles. The minimum absolute atomic E-state index is 0.122. The van der Waals surface area contributed by atoms with Crippen molar-refractivity contribution in [3.8, 4) is 5.75 Å². The molecule has 0 radical (unpaired) electrons. The maximum Gasteiger partial charge on any atom is 0.165 e. The SMILES string of the molecule is C=C(CC)CC(NN)c1ccc(OC)c(F)c1. The Morgan fingerprint density at radius 3 is 2.76 bits per heavy atom. The van der Waals surface area contributed by atoms with Gasteiger partial charge in [-0.2, -0.15) is 0 Å². The average Bonchev–Trinajstić information content (AvgIpc) is 2.35. The molecule has 1 aromatic carbocycles. The molecule has 0 aliphatic heterocycles. The molecule has 1 atom stereocenters. The van der Waals surface area contributed by atoms with Crippen LogP contribution in [0.1, 0.15) is 31.4 Å². The number of methoxy groups -OCH3 is 1. The normalized spacial score (nSPS) is 12.2.